The van der Waals surface area contributed by atoms with Gasteiger partial charge >= 0.3 is 0 Å². The number of amides is 2. The number of fused-ring (bicyclic) bond motifs is 1. The second-order valence-corrected chi connectivity index (χ2v) is 8.82. The van der Waals surface area contributed by atoms with E-state index in [-0.39, 0.29) is 5.91 Å². The normalized spacial score (nSPS) is 20.6. The van der Waals surface area contributed by atoms with Crippen LogP contribution < -0.4 is 19.4 Å². The quantitative estimate of drug-likeness (QED) is 0.413. The van der Waals surface area contributed by atoms with Gasteiger partial charge in [-0.2, -0.15) is 5.26 Å². The van der Waals surface area contributed by atoms with Gasteiger partial charge in [-0.1, -0.05) is 31.2 Å². The van der Waals surface area contributed by atoms with E-state index in [9.17, 15) is 9.59 Å². The number of rotatable bonds is 8. The fourth-order valence-corrected chi connectivity index (χ4v) is 4.80. The lowest BCUT2D eigenvalue weighted by atomic mass is 9.90. The van der Waals surface area contributed by atoms with E-state index in [0.29, 0.717) is 36.0 Å². The summed E-state index contributed by atoms with van der Waals surface area (Å²) in [5.74, 6) is -0.364. The van der Waals surface area contributed by atoms with Gasteiger partial charge in [-0.25, -0.2) is 9.96 Å². The molecule has 37 heavy (non-hydrogen) atoms. The highest BCUT2D eigenvalue weighted by Crippen LogP contribution is 2.48. The molecular weight excluding hydrogens is 470 g/mol. The summed E-state index contributed by atoms with van der Waals surface area (Å²) in [6.45, 7) is 4.94. The Morgan fingerprint density at radius 1 is 0.892 bits per heavy atom. The molecule has 0 saturated carbocycles. The van der Waals surface area contributed by atoms with Crippen molar-refractivity contribution in [1.29, 1.82) is 5.26 Å². The van der Waals surface area contributed by atoms with Crippen LogP contribution in [0.3, 0.4) is 0 Å². The Morgan fingerprint density at radius 2 is 1.65 bits per heavy atom. The van der Waals surface area contributed by atoms with Crippen molar-refractivity contribution in [3.8, 4) is 17.6 Å². The zero-order chi connectivity index (χ0) is 25.9. The van der Waals surface area contributed by atoms with Crippen molar-refractivity contribution < 1.29 is 23.9 Å². The number of hydroxylamine groups is 1. The SMILES string of the molecule is CCCOc1ccc([C@H]2[C@H]3C(=O)N(c4ccc(C#N)cc4)C(=O)[C@H]3ON2c2ccccc2)cc1OCC. The average Bonchev–Trinajstić information content (AvgIpc) is 3.44. The molecule has 3 atom stereocenters. The summed E-state index contributed by atoms with van der Waals surface area (Å²) in [5, 5.41) is 10.8. The number of ether oxygens (including phenoxy) is 2. The molecule has 0 aliphatic carbocycles. The Balaban J connectivity index is 1.56. The van der Waals surface area contributed by atoms with Crippen LogP contribution in [-0.4, -0.2) is 31.1 Å². The van der Waals surface area contributed by atoms with Gasteiger partial charge in [0.05, 0.1) is 42.3 Å². The first-order chi connectivity index (χ1) is 18.1. The molecular formula is C29H27N3O5. The van der Waals surface area contributed by atoms with Gasteiger partial charge in [-0.15, -0.1) is 0 Å². The second kappa shape index (κ2) is 10.3. The van der Waals surface area contributed by atoms with E-state index < -0.39 is 24.0 Å². The third-order valence-electron chi connectivity index (χ3n) is 6.45. The maximum Gasteiger partial charge on any atom is 0.266 e. The lowest BCUT2D eigenvalue weighted by Crippen LogP contribution is -2.37. The van der Waals surface area contributed by atoms with Crippen molar-refractivity contribution >= 4 is 23.2 Å². The first-order valence-electron chi connectivity index (χ1n) is 12.4. The van der Waals surface area contributed by atoms with Crippen molar-refractivity contribution in [1.82, 2.24) is 0 Å². The molecule has 5 rings (SSSR count). The smallest absolute Gasteiger partial charge is 0.266 e. The maximum absolute atomic E-state index is 13.8. The number of para-hydroxylation sites is 1. The predicted octanol–water partition coefficient (Wildman–Crippen LogP) is 4.80. The summed E-state index contributed by atoms with van der Waals surface area (Å²) >= 11 is 0. The van der Waals surface area contributed by atoms with Crippen molar-refractivity contribution in [2.45, 2.75) is 32.4 Å². The van der Waals surface area contributed by atoms with Crippen LogP contribution in [0.5, 0.6) is 11.5 Å². The van der Waals surface area contributed by atoms with E-state index in [1.807, 2.05) is 62.4 Å². The van der Waals surface area contributed by atoms with Gasteiger partial charge in [-0.05, 0) is 67.4 Å². The lowest BCUT2D eigenvalue weighted by Gasteiger charge is -2.29. The zero-order valence-electron chi connectivity index (χ0n) is 20.7. The van der Waals surface area contributed by atoms with E-state index in [0.717, 1.165) is 22.6 Å². The van der Waals surface area contributed by atoms with Gasteiger partial charge in [0, 0.05) is 0 Å². The zero-order valence-corrected chi connectivity index (χ0v) is 20.7. The minimum absolute atomic E-state index is 0.354. The Morgan fingerprint density at radius 3 is 2.32 bits per heavy atom. The largest absolute Gasteiger partial charge is 0.490 e. The molecule has 0 radical (unpaired) electrons. The van der Waals surface area contributed by atoms with E-state index >= 15 is 0 Å². The molecule has 8 nitrogen and oxygen atoms in total. The molecule has 8 heteroatoms. The molecule has 3 aromatic rings. The molecule has 2 heterocycles. The molecule has 0 N–H and O–H groups in total. The number of carbonyl (C=O) groups excluding carboxylic acids is 2. The molecule has 2 saturated heterocycles. The van der Waals surface area contributed by atoms with Gasteiger partial charge in [0.15, 0.2) is 17.6 Å². The van der Waals surface area contributed by atoms with Crippen molar-refractivity contribution in [2.75, 3.05) is 23.2 Å². The van der Waals surface area contributed by atoms with Gasteiger partial charge in [0.25, 0.3) is 5.91 Å². The van der Waals surface area contributed by atoms with Crippen molar-refractivity contribution in [3.05, 3.63) is 83.9 Å². The molecule has 188 valence electrons. The Bertz CT molecular complexity index is 1340. The molecule has 2 aliphatic heterocycles. The molecule has 2 fully saturated rings. The molecule has 0 aromatic heterocycles. The fourth-order valence-electron chi connectivity index (χ4n) is 4.80. The minimum atomic E-state index is -0.986. The van der Waals surface area contributed by atoms with Gasteiger partial charge in [0.2, 0.25) is 5.91 Å². The van der Waals surface area contributed by atoms with Crippen LogP contribution in [0.15, 0.2) is 72.8 Å². The molecule has 0 unspecified atom stereocenters. The van der Waals surface area contributed by atoms with Gasteiger partial charge in [0.1, 0.15) is 5.92 Å². The highest BCUT2D eigenvalue weighted by Gasteiger charge is 2.60. The maximum atomic E-state index is 13.8. The second-order valence-electron chi connectivity index (χ2n) is 8.82. The number of carbonyl (C=O) groups is 2. The summed E-state index contributed by atoms with van der Waals surface area (Å²) in [5.41, 5.74) is 2.36. The highest BCUT2D eigenvalue weighted by atomic mass is 16.7. The van der Waals surface area contributed by atoms with E-state index in [1.54, 1.807) is 29.3 Å². The number of nitriles is 1. The highest BCUT2D eigenvalue weighted by molar-refractivity contribution is 6.23. The number of hydrogen-bond acceptors (Lipinski definition) is 7. The summed E-state index contributed by atoms with van der Waals surface area (Å²) in [4.78, 5) is 34.7. The van der Waals surface area contributed by atoms with E-state index in [1.165, 1.54) is 0 Å². The van der Waals surface area contributed by atoms with Crippen LogP contribution in [0.2, 0.25) is 0 Å². The lowest BCUT2D eigenvalue weighted by molar-refractivity contribution is -0.126. The molecule has 2 amide bonds. The Hall–Kier alpha value is -4.35. The molecule has 3 aromatic carbocycles. The molecule has 2 aliphatic rings. The first-order valence-corrected chi connectivity index (χ1v) is 12.4. The first kappa shape index (κ1) is 24.3. The monoisotopic (exact) mass is 497 g/mol. The van der Waals surface area contributed by atoms with Gasteiger partial charge < -0.3 is 9.47 Å². The standard InChI is InChI=1S/C29H27N3O5/c1-3-16-36-23-15-12-20(17-24(23)35-4-2)26-25-27(37-32(26)22-8-6-5-7-9-22)29(34)31(28(25)33)21-13-10-19(18-30)11-14-21/h5-15,17,25-27H,3-4,16H2,1-2H3/t25-,26+,27+/m1/s1. The summed E-state index contributed by atoms with van der Waals surface area (Å²) in [6, 6.07) is 22.9. The Kier molecular flexibility index (Phi) is 6.80. The van der Waals surface area contributed by atoms with Crippen molar-refractivity contribution in [3.63, 3.8) is 0 Å². The third-order valence-corrected chi connectivity index (χ3v) is 6.45. The average molecular weight is 498 g/mol. The number of nitrogens with zero attached hydrogens (tertiary/aromatic N) is 3. The number of anilines is 2. The van der Waals surface area contributed by atoms with E-state index in [2.05, 4.69) is 6.07 Å². The summed E-state index contributed by atoms with van der Waals surface area (Å²) in [6.07, 6.45) is -0.128. The van der Waals surface area contributed by atoms with Crippen molar-refractivity contribution in [2.24, 2.45) is 5.92 Å². The van der Waals surface area contributed by atoms with Crippen LogP contribution in [-0.2, 0) is 14.4 Å². The molecule has 0 bridgehead atoms. The third kappa shape index (κ3) is 4.39. The van der Waals surface area contributed by atoms with Crippen LogP contribution in [0.25, 0.3) is 0 Å². The number of benzene rings is 3. The van der Waals surface area contributed by atoms with Crippen LogP contribution in [0, 0.1) is 17.2 Å². The topological polar surface area (TPSA) is 92.1 Å². The predicted molar refractivity (Wildman–Crippen MR) is 137 cm³/mol. The van der Waals surface area contributed by atoms with E-state index in [4.69, 9.17) is 19.6 Å². The minimum Gasteiger partial charge on any atom is -0.490 e. The summed E-state index contributed by atoms with van der Waals surface area (Å²) < 4.78 is 11.7. The fraction of sp³-hybridized carbons (Fsp3) is 0.276. The number of imide groups is 1. The summed E-state index contributed by atoms with van der Waals surface area (Å²) in [7, 11) is 0. The van der Waals surface area contributed by atoms with Crippen LogP contribution in [0.1, 0.15) is 37.4 Å². The van der Waals surface area contributed by atoms with Crippen LogP contribution >= 0.6 is 0 Å². The Labute approximate surface area is 215 Å². The molecule has 0 spiro atoms. The number of hydrogen-bond donors (Lipinski definition) is 0. The van der Waals surface area contributed by atoms with Crippen LogP contribution in [0.4, 0.5) is 11.4 Å². The van der Waals surface area contributed by atoms with Gasteiger partial charge in [-0.3, -0.25) is 14.4 Å².